The van der Waals surface area contributed by atoms with E-state index in [-0.39, 0.29) is 0 Å². The lowest BCUT2D eigenvalue weighted by molar-refractivity contribution is 0.263. The van der Waals surface area contributed by atoms with Crippen LogP contribution >= 0.6 is 0 Å². The molecule has 4 nitrogen and oxygen atoms in total. The van der Waals surface area contributed by atoms with Crippen molar-refractivity contribution in [2.45, 2.75) is 13.3 Å². The molecule has 1 aromatic rings. The first-order valence-electron chi connectivity index (χ1n) is 4.74. The molecule has 0 atom stereocenters. The SMILES string of the molecule is Cc1cnc(OCCCN(C)C)nc1. The first kappa shape index (κ1) is 10.9. The fraction of sp³-hybridized carbons (Fsp3) is 0.600. The van der Waals surface area contributed by atoms with Crippen LogP contribution in [-0.2, 0) is 0 Å². The van der Waals surface area contributed by atoms with Gasteiger partial charge in [0.25, 0.3) is 0 Å². The summed E-state index contributed by atoms with van der Waals surface area (Å²) in [5, 5.41) is 0. The molecule has 1 aromatic heterocycles. The second-order valence-electron chi connectivity index (χ2n) is 3.55. The zero-order valence-electron chi connectivity index (χ0n) is 9.03. The highest BCUT2D eigenvalue weighted by atomic mass is 16.5. The molecule has 78 valence electrons. The fourth-order valence-corrected chi connectivity index (χ4v) is 1.000. The van der Waals surface area contributed by atoms with Crippen molar-refractivity contribution in [3.8, 4) is 6.01 Å². The lowest BCUT2D eigenvalue weighted by Crippen LogP contribution is -2.15. The molecule has 0 N–H and O–H groups in total. The zero-order valence-corrected chi connectivity index (χ0v) is 9.03. The number of nitrogens with zero attached hydrogens (tertiary/aromatic N) is 3. The molecular weight excluding hydrogens is 178 g/mol. The minimum atomic E-state index is 0.467. The van der Waals surface area contributed by atoms with Crippen LogP contribution in [0.3, 0.4) is 0 Å². The third kappa shape index (κ3) is 4.18. The van der Waals surface area contributed by atoms with Gasteiger partial charge in [0.15, 0.2) is 0 Å². The van der Waals surface area contributed by atoms with Crippen LogP contribution in [0.4, 0.5) is 0 Å². The van der Waals surface area contributed by atoms with Gasteiger partial charge in [-0.15, -0.1) is 0 Å². The molecule has 14 heavy (non-hydrogen) atoms. The Kier molecular flexibility index (Phi) is 4.32. The molecule has 0 aromatic carbocycles. The van der Waals surface area contributed by atoms with E-state index in [1.807, 2.05) is 21.0 Å². The maximum absolute atomic E-state index is 5.36. The lowest BCUT2D eigenvalue weighted by Gasteiger charge is -2.09. The molecular formula is C10H17N3O. The van der Waals surface area contributed by atoms with E-state index in [2.05, 4.69) is 14.9 Å². The van der Waals surface area contributed by atoms with Crippen molar-refractivity contribution in [2.75, 3.05) is 27.2 Å². The van der Waals surface area contributed by atoms with Crippen molar-refractivity contribution in [1.29, 1.82) is 0 Å². The summed E-state index contributed by atoms with van der Waals surface area (Å²) in [5.74, 6) is 0. The number of aryl methyl sites for hydroxylation is 1. The molecule has 0 amide bonds. The van der Waals surface area contributed by atoms with Gasteiger partial charge in [-0.2, -0.15) is 0 Å². The Morgan fingerprint density at radius 1 is 1.29 bits per heavy atom. The highest BCUT2D eigenvalue weighted by Gasteiger charge is 1.96. The predicted molar refractivity (Wildman–Crippen MR) is 55.4 cm³/mol. The molecule has 0 aliphatic heterocycles. The van der Waals surface area contributed by atoms with Gasteiger partial charge in [0.05, 0.1) is 6.61 Å². The van der Waals surface area contributed by atoms with Crippen molar-refractivity contribution >= 4 is 0 Å². The van der Waals surface area contributed by atoms with Gasteiger partial charge in [0, 0.05) is 18.9 Å². The van der Waals surface area contributed by atoms with Crippen LogP contribution in [0.2, 0.25) is 0 Å². The standard InChI is InChI=1S/C10H17N3O/c1-9-7-11-10(12-8-9)14-6-4-5-13(2)3/h7-8H,4-6H2,1-3H3. The van der Waals surface area contributed by atoms with Crippen LogP contribution < -0.4 is 4.74 Å². The monoisotopic (exact) mass is 195 g/mol. The summed E-state index contributed by atoms with van der Waals surface area (Å²) in [4.78, 5) is 10.2. The van der Waals surface area contributed by atoms with Crippen molar-refractivity contribution in [3.63, 3.8) is 0 Å². The molecule has 4 heteroatoms. The highest BCUT2D eigenvalue weighted by molar-refractivity contribution is 5.04. The third-order valence-electron chi connectivity index (χ3n) is 1.74. The molecule has 0 fully saturated rings. The van der Waals surface area contributed by atoms with Gasteiger partial charge in [0.1, 0.15) is 0 Å². The van der Waals surface area contributed by atoms with E-state index in [1.165, 1.54) is 0 Å². The molecule has 0 spiro atoms. The lowest BCUT2D eigenvalue weighted by atomic mass is 10.4. The van der Waals surface area contributed by atoms with Crippen molar-refractivity contribution in [3.05, 3.63) is 18.0 Å². The summed E-state index contributed by atoms with van der Waals surface area (Å²) < 4.78 is 5.36. The van der Waals surface area contributed by atoms with Gasteiger partial charge in [-0.25, -0.2) is 9.97 Å². The van der Waals surface area contributed by atoms with Gasteiger partial charge < -0.3 is 9.64 Å². The minimum Gasteiger partial charge on any atom is -0.463 e. The molecule has 0 saturated heterocycles. The molecule has 0 radical (unpaired) electrons. The van der Waals surface area contributed by atoms with Crippen molar-refractivity contribution in [1.82, 2.24) is 14.9 Å². The molecule has 0 saturated carbocycles. The minimum absolute atomic E-state index is 0.467. The average Bonchev–Trinajstić information content (AvgIpc) is 2.15. The first-order valence-corrected chi connectivity index (χ1v) is 4.74. The summed E-state index contributed by atoms with van der Waals surface area (Å²) in [5.41, 5.74) is 1.05. The largest absolute Gasteiger partial charge is 0.463 e. The summed E-state index contributed by atoms with van der Waals surface area (Å²) in [7, 11) is 4.09. The summed E-state index contributed by atoms with van der Waals surface area (Å²) in [6, 6.07) is 0.467. The van der Waals surface area contributed by atoms with Gasteiger partial charge >= 0.3 is 6.01 Å². The average molecular weight is 195 g/mol. The Balaban J connectivity index is 2.21. The predicted octanol–water partition coefficient (Wildman–Crippen LogP) is 1.12. The summed E-state index contributed by atoms with van der Waals surface area (Å²) >= 11 is 0. The van der Waals surface area contributed by atoms with Crippen LogP contribution in [0.15, 0.2) is 12.4 Å². The Morgan fingerprint density at radius 3 is 2.50 bits per heavy atom. The second kappa shape index (κ2) is 5.54. The normalized spacial score (nSPS) is 10.6. The van der Waals surface area contributed by atoms with Gasteiger partial charge in [-0.05, 0) is 33.0 Å². The van der Waals surface area contributed by atoms with E-state index in [1.54, 1.807) is 12.4 Å². The van der Waals surface area contributed by atoms with E-state index in [0.29, 0.717) is 12.6 Å². The van der Waals surface area contributed by atoms with Gasteiger partial charge in [-0.3, -0.25) is 0 Å². The topological polar surface area (TPSA) is 38.2 Å². The molecule has 0 unspecified atom stereocenters. The molecule has 0 aliphatic rings. The number of ether oxygens (including phenoxy) is 1. The van der Waals surface area contributed by atoms with Crippen molar-refractivity contribution in [2.24, 2.45) is 0 Å². The third-order valence-corrected chi connectivity index (χ3v) is 1.74. The smallest absolute Gasteiger partial charge is 0.316 e. The van der Waals surface area contributed by atoms with Gasteiger partial charge in [-0.1, -0.05) is 0 Å². The Hall–Kier alpha value is -1.16. The summed E-state index contributed by atoms with van der Waals surface area (Å²) in [6.45, 7) is 3.64. The maximum Gasteiger partial charge on any atom is 0.316 e. The van der Waals surface area contributed by atoms with Crippen LogP contribution in [-0.4, -0.2) is 42.1 Å². The quantitative estimate of drug-likeness (QED) is 0.660. The van der Waals surface area contributed by atoms with Crippen molar-refractivity contribution < 1.29 is 4.74 Å². The number of rotatable bonds is 5. The van der Waals surface area contributed by atoms with Crippen LogP contribution in [0.1, 0.15) is 12.0 Å². The van der Waals surface area contributed by atoms with E-state index in [4.69, 9.17) is 4.74 Å². The zero-order chi connectivity index (χ0) is 10.4. The van der Waals surface area contributed by atoms with E-state index in [9.17, 15) is 0 Å². The molecule has 0 aliphatic carbocycles. The maximum atomic E-state index is 5.36. The Bertz CT molecular complexity index is 259. The molecule has 1 heterocycles. The first-order chi connectivity index (χ1) is 6.68. The van der Waals surface area contributed by atoms with Crippen LogP contribution in [0.5, 0.6) is 6.01 Å². The number of hydrogen-bond acceptors (Lipinski definition) is 4. The van der Waals surface area contributed by atoms with E-state index in [0.717, 1.165) is 18.5 Å². The summed E-state index contributed by atoms with van der Waals surface area (Å²) in [6.07, 6.45) is 4.51. The number of aromatic nitrogens is 2. The van der Waals surface area contributed by atoms with Gasteiger partial charge in [0.2, 0.25) is 0 Å². The molecule has 0 bridgehead atoms. The van der Waals surface area contributed by atoms with Crippen LogP contribution in [0.25, 0.3) is 0 Å². The number of hydrogen-bond donors (Lipinski definition) is 0. The van der Waals surface area contributed by atoms with E-state index < -0.39 is 0 Å². The molecule has 1 rings (SSSR count). The second-order valence-corrected chi connectivity index (χ2v) is 3.55. The Morgan fingerprint density at radius 2 is 1.93 bits per heavy atom. The fourth-order valence-electron chi connectivity index (χ4n) is 1.000. The Labute approximate surface area is 84.9 Å². The van der Waals surface area contributed by atoms with Crippen LogP contribution in [0, 0.1) is 6.92 Å². The van der Waals surface area contributed by atoms with E-state index >= 15 is 0 Å². The highest BCUT2D eigenvalue weighted by Crippen LogP contribution is 2.01.